The molecule has 1 atom stereocenters. The van der Waals surface area contributed by atoms with Crippen LogP contribution in [0, 0.1) is 0 Å². The zero-order chi connectivity index (χ0) is 13.8. The van der Waals surface area contributed by atoms with Gasteiger partial charge in [0.25, 0.3) is 0 Å². The summed E-state index contributed by atoms with van der Waals surface area (Å²) in [6.07, 6.45) is 0.661. The average molecular weight is 261 g/mol. The Hall–Kier alpha value is -2.04. The Labute approximate surface area is 112 Å². The van der Waals surface area contributed by atoms with Crippen molar-refractivity contribution < 1.29 is 9.53 Å². The van der Waals surface area contributed by atoms with Crippen LogP contribution in [0.15, 0.2) is 24.3 Å². The summed E-state index contributed by atoms with van der Waals surface area (Å²) in [5, 5.41) is 3.04. The van der Waals surface area contributed by atoms with Crippen molar-refractivity contribution in [2.45, 2.75) is 26.3 Å². The van der Waals surface area contributed by atoms with E-state index < -0.39 is 0 Å². The van der Waals surface area contributed by atoms with Crippen LogP contribution in [0.4, 0.5) is 5.95 Å². The molecule has 0 saturated carbocycles. The van der Waals surface area contributed by atoms with Gasteiger partial charge in [0.05, 0.1) is 17.6 Å². The number of hydrogen-bond donors (Lipinski definition) is 1. The number of ether oxygens (including phenoxy) is 1. The third-order valence-electron chi connectivity index (χ3n) is 3.08. The molecule has 0 radical (unpaired) electrons. The summed E-state index contributed by atoms with van der Waals surface area (Å²) < 4.78 is 7.06. The topological polar surface area (TPSA) is 56.1 Å². The molecule has 1 aromatic heterocycles. The molecule has 1 unspecified atom stereocenters. The number of aromatic nitrogens is 2. The minimum absolute atomic E-state index is 0.218. The molecule has 1 aromatic carbocycles. The van der Waals surface area contributed by atoms with E-state index in [2.05, 4.69) is 10.3 Å². The van der Waals surface area contributed by atoms with Crippen molar-refractivity contribution >= 4 is 23.0 Å². The first kappa shape index (κ1) is 13.4. The molecule has 5 heteroatoms. The molecular formula is C14H19N3O2. The van der Waals surface area contributed by atoms with Gasteiger partial charge in [-0.25, -0.2) is 9.78 Å². The zero-order valence-corrected chi connectivity index (χ0v) is 11.5. The first-order valence-corrected chi connectivity index (χ1v) is 6.54. The Morgan fingerprint density at radius 1 is 1.42 bits per heavy atom. The molecule has 19 heavy (non-hydrogen) atoms. The lowest BCUT2D eigenvalue weighted by Crippen LogP contribution is -2.22. The van der Waals surface area contributed by atoms with Gasteiger partial charge in [0, 0.05) is 7.05 Å². The minimum atomic E-state index is -0.352. The molecule has 0 fully saturated rings. The molecule has 2 rings (SSSR count). The van der Waals surface area contributed by atoms with Crippen LogP contribution in [0.3, 0.4) is 0 Å². The number of nitrogens with one attached hydrogen (secondary N) is 1. The number of rotatable bonds is 5. The maximum atomic E-state index is 12.1. The summed E-state index contributed by atoms with van der Waals surface area (Å²) >= 11 is 0. The van der Waals surface area contributed by atoms with Gasteiger partial charge in [0.15, 0.2) is 0 Å². The highest BCUT2D eigenvalue weighted by atomic mass is 16.5. The molecule has 0 saturated heterocycles. The molecule has 0 amide bonds. The SMILES string of the molecule is CCOC(=O)C(CC)n1c(NC)nc2ccccc21. The second-order valence-corrected chi connectivity index (χ2v) is 4.22. The Kier molecular flexibility index (Phi) is 4.04. The smallest absolute Gasteiger partial charge is 0.329 e. The van der Waals surface area contributed by atoms with E-state index in [0.29, 0.717) is 19.0 Å². The number of esters is 1. The fourth-order valence-corrected chi connectivity index (χ4v) is 2.23. The third kappa shape index (κ3) is 2.41. The van der Waals surface area contributed by atoms with Crippen LogP contribution in [0.25, 0.3) is 11.0 Å². The molecule has 0 spiro atoms. The highest BCUT2D eigenvalue weighted by molar-refractivity contribution is 5.83. The van der Waals surface area contributed by atoms with Crippen molar-refractivity contribution in [1.29, 1.82) is 0 Å². The van der Waals surface area contributed by atoms with Crippen molar-refractivity contribution in [2.24, 2.45) is 0 Å². The predicted molar refractivity (Wildman–Crippen MR) is 75.2 cm³/mol. The lowest BCUT2D eigenvalue weighted by atomic mass is 10.2. The van der Waals surface area contributed by atoms with Crippen LogP contribution in [0.2, 0.25) is 0 Å². The normalized spacial score (nSPS) is 12.4. The standard InChI is InChI=1S/C14H19N3O2/c1-4-11(13(18)19-5-2)17-12-9-7-6-8-10(12)16-14(17)15-3/h6-9,11H,4-5H2,1-3H3,(H,15,16). The van der Waals surface area contributed by atoms with Gasteiger partial charge in [-0.2, -0.15) is 0 Å². The van der Waals surface area contributed by atoms with Crippen LogP contribution < -0.4 is 5.32 Å². The summed E-state index contributed by atoms with van der Waals surface area (Å²) in [6, 6.07) is 7.42. The van der Waals surface area contributed by atoms with Crippen LogP contribution >= 0.6 is 0 Å². The predicted octanol–water partition coefficient (Wildman–Crippen LogP) is 2.59. The number of para-hydroxylation sites is 2. The van der Waals surface area contributed by atoms with E-state index in [4.69, 9.17) is 4.74 Å². The third-order valence-corrected chi connectivity index (χ3v) is 3.08. The summed E-state index contributed by atoms with van der Waals surface area (Å²) in [5.41, 5.74) is 1.81. The van der Waals surface area contributed by atoms with Crippen molar-refractivity contribution in [1.82, 2.24) is 9.55 Å². The van der Waals surface area contributed by atoms with E-state index in [-0.39, 0.29) is 12.0 Å². The Morgan fingerprint density at radius 2 is 2.16 bits per heavy atom. The number of fused-ring (bicyclic) bond motifs is 1. The molecular weight excluding hydrogens is 242 g/mol. The largest absolute Gasteiger partial charge is 0.464 e. The number of benzene rings is 1. The summed E-state index contributed by atoms with van der Waals surface area (Å²) in [6.45, 7) is 4.17. The molecule has 0 aliphatic rings. The van der Waals surface area contributed by atoms with Crippen LogP contribution in [-0.2, 0) is 9.53 Å². The summed E-state index contributed by atoms with van der Waals surface area (Å²) in [4.78, 5) is 16.6. The van der Waals surface area contributed by atoms with Crippen molar-refractivity contribution in [3.05, 3.63) is 24.3 Å². The van der Waals surface area contributed by atoms with Gasteiger partial charge >= 0.3 is 5.97 Å². The number of carbonyl (C=O) groups is 1. The maximum Gasteiger partial charge on any atom is 0.329 e. The number of nitrogens with zero attached hydrogens (tertiary/aromatic N) is 2. The molecule has 2 aromatic rings. The monoisotopic (exact) mass is 261 g/mol. The van der Waals surface area contributed by atoms with E-state index in [1.807, 2.05) is 42.7 Å². The van der Waals surface area contributed by atoms with Crippen LogP contribution in [0.5, 0.6) is 0 Å². The summed E-state index contributed by atoms with van der Waals surface area (Å²) in [7, 11) is 1.80. The van der Waals surface area contributed by atoms with E-state index >= 15 is 0 Å². The molecule has 0 aliphatic carbocycles. The lowest BCUT2D eigenvalue weighted by Gasteiger charge is -2.18. The molecule has 1 heterocycles. The number of carbonyl (C=O) groups excluding carboxylic acids is 1. The van der Waals surface area contributed by atoms with Crippen molar-refractivity contribution in [3.63, 3.8) is 0 Å². The fourth-order valence-electron chi connectivity index (χ4n) is 2.23. The highest BCUT2D eigenvalue weighted by Crippen LogP contribution is 2.26. The number of hydrogen-bond acceptors (Lipinski definition) is 4. The second kappa shape index (κ2) is 5.73. The lowest BCUT2D eigenvalue weighted by molar-refractivity contribution is -0.147. The first-order chi connectivity index (χ1) is 9.22. The van der Waals surface area contributed by atoms with E-state index in [9.17, 15) is 4.79 Å². The first-order valence-electron chi connectivity index (χ1n) is 6.54. The van der Waals surface area contributed by atoms with Crippen LogP contribution in [0.1, 0.15) is 26.3 Å². The molecule has 5 nitrogen and oxygen atoms in total. The summed E-state index contributed by atoms with van der Waals surface area (Å²) in [5.74, 6) is 0.464. The Balaban J connectivity index is 2.54. The van der Waals surface area contributed by atoms with E-state index in [1.165, 1.54) is 0 Å². The van der Waals surface area contributed by atoms with Gasteiger partial charge in [-0.3, -0.25) is 4.57 Å². The Bertz CT molecular complexity index is 577. The quantitative estimate of drug-likeness (QED) is 0.840. The molecule has 0 aliphatic heterocycles. The van der Waals surface area contributed by atoms with E-state index in [1.54, 1.807) is 7.05 Å². The number of anilines is 1. The minimum Gasteiger partial charge on any atom is -0.464 e. The molecule has 1 N–H and O–H groups in total. The fraction of sp³-hybridized carbons (Fsp3) is 0.429. The number of imidazole rings is 1. The zero-order valence-electron chi connectivity index (χ0n) is 11.5. The molecule has 102 valence electrons. The van der Waals surface area contributed by atoms with Gasteiger partial charge in [-0.1, -0.05) is 19.1 Å². The van der Waals surface area contributed by atoms with Gasteiger partial charge in [0.1, 0.15) is 6.04 Å². The van der Waals surface area contributed by atoms with Gasteiger partial charge in [-0.05, 0) is 25.5 Å². The average Bonchev–Trinajstić information content (AvgIpc) is 2.79. The van der Waals surface area contributed by atoms with Crippen molar-refractivity contribution in [3.8, 4) is 0 Å². The molecule has 0 bridgehead atoms. The van der Waals surface area contributed by atoms with Gasteiger partial charge in [-0.15, -0.1) is 0 Å². The van der Waals surface area contributed by atoms with Crippen LogP contribution in [-0.4, -0.2) is 29.2 Å². The highest BCUT2D eigenvalue weighted by Gasteiger charge is 2.24. The van der Waals surface area contributed by atoms with Crippen molar-refractivity contribution in [2.75, 3.05) is 19.0 Å². The maximum absolute atomic E-state index is 12.1. The second-order valence-electron chi connectivity index (χ2n) is 4.22. The van der Waals surface area contributed by atoms with E-state index in [0.717, 1.165) is 11.0 Å². The van der Waals surface area contributed by atoms with Gasteiger partial charge < -0.3 is 10.1 Å². The Morgan fingerprint density at radius 3 is 2.79 bits per heavy atom. The van der Waals surface area contributed by atoms with Gasteiger partial charge in [0.2, 0.25) is 5.95 Å².